The molecule has 0 radical (unpaired) electrons. The number of nitrogens with one attached hydrogen (secondary N) is 1. The van der Waals surface area contributed by atoms with Gasteiger partial charge in [-0.2, -0.15) is 0 Å². The molecule has 21 heavy (non-hydrogen) atoms. The van der Waals surface area contributed by atoms with Gasteiger partial charge in [-0.05, 0) is 72.6 Å². The highest BCUT2D eigenvalue weighted by atomic mass is 16.5. The molecule has 3 aliphatic rings. The predicted octanol–water partition coefficient (Wildman–Crippen LogP) is 3.70. The molecule has 0 saturated heterocycles. The van der Waals surface area contributed by atoms with Gasteiger partial charge in [0.15, 0.2) is 0 Å². The fraction of sp³-hybridized carbons (Fsp3) is 0.500. The number of nitrogens with zero attached hydrogens (tertiary/aromatic N) is 1. The second kappa shape index (κ2) is 4.12. The third-order valence-electron chi connectivity index (χ3n) is 6.01. The van der Waals surface area contributed by atoms with E-state index in [1.807, 2.05) is 12.3 Å². The van der Waals surface area contributed by atoms with E-state index in [0.29, 0.717) is 6.04 Å². The van der Waals surface area contributed by atoms with Crippen molar-refractivity contribution in [1.29, 1.82) is 0 Å². The first-order valence-electron chi connectivity index (χ1n) is 8.04. The van der Waals surface area contributed by atoms with Crippen molar-refractivity contribution in [3.8, 4) is 5.75 Å². The minimum atomic E-state index is 0.677. The van der Waals surface area contributed by atoms with Crippen molar-refractivity contribution in [3.63, 3.8) is 0 Å². The number of aromatic nitrogens is 1. The lowest BCUT2D eigenvalue weighted by Crippen LogP contribution is -2.13. The van der Waals surface area contributed by atoms with Gasteiger partial charge in [-0.3, -0.25) is 0 Å². The van der Waals surface area contributed by atoms with Gasteiger partial charge in [-0.1, -0.05) is 0 Å². The van der Waals surface area contributed by atoms with E-state index in [0.717, 1.165) is 35.2 Å². The minimum Gasteiger partial charge on any atom is -0.497 e. The van der Waals surface area contributed by atoms with Crippen LogP contribution in [0.5, 0.6) is 5.75 Å². The van der Waals surface area contributed by atoms with Crippen molar-refractivity contribution in [2.24, 2.45) is 23.7 Å². The Kier molecular flexibility index (Phi) is 2.33. The number of anilines is 1. The second-order valence-corrected chi connectivity index (χ2v) is 6.90. The molecule has 3 fully saturated rings. The third-order valence-corrected chi connectivity index (χ3v) is 6.01. The normalized spacial score (nSPS) is 35.8. The number of hydrogen-bond donors (Lipinski definition) is 1. The van der Waals surface area contributed by atoms with Crippen LogP contribution in [0.2, 0.25) is 0 Å². The van der Waals surface area contributed by atoms with Gasteiger partial charge in [-0.15, -0.1) is 0 Å². The van der Waals surface area contributed by atoms with Crippen molar-refractivity contribution in [2.45, 2.75) is 25.3 Å². The van der Waals surface area contributed by atoms with Gasteiger partial charge in [0.05, 0.1) is 7.11 Å². The summed E-state index contributed by atoms with van der Waals surface area (Å²) in [6.45, 7) is 0. The summed E-state index contributed by atoms with van der Waals surface area (Å²) in [4.78, 5) is 4.59. The summed E-state index contributed by atoms with van der Waals surface area (Å²) in [7, 11) is 1.71. The van der Waals surface area contributed by atoms with Gasteiger partial charge in [0, 0.05) is 17.6 Å². The van der Waals surface area contributed by atoms with Gasteiger partial charge in [0.1, 0.15) is 11.6 Å². The maximum atomic E-state index is 5.31. The van der Waals surface area contributed by atoms with Crippen molar-refractivity contribution in [3.05, 3.63) is 30.5 Å². The van der Waals surface area contributed by atoms with Crippen LogP contribution in [0.4, 0.5) is 5.82 Å². The maximum Gasteiger partial charge on any atom is 0.134 e. The average molecular weight is 280 g/mol. The van der Waals surface area contributed by atoms with Crippen LogP contribution in [-0.4, -0.2) is 18.1 Å². The predicted molar refractivity (Wildman–Crippen MR) is 83.5 cm³/mol. The van der Waals surface area contributed by atoms with Crippen LogP contribution in [0.25, 0.3) is 10.8 Å². The zero-order valence-corrected chi connectivity index (χ0v) is 12.3. The molecule has 2 aromatic rings. The summed E-state index contributed by atoms with van der Waals surface area (Å²) < 4.78 is 5.31. The smallest absolute Gasteiger partial charge is 0.134 e. The summed E-state index contributed by atoms with van der Waals surface area (Å²) >= 11 is 0. The number of rotatable bonds is 3. The van der Waals surface area contributed by atoms with E-state index in [1.165, 1.54) is 30.0 Å². The van der Waals surface area contributed by atoms with Crippen LogP contribution in [0, 0.1) is 23.7 Å². The Labute approximate surface area is 124 Å². The molecule has 5 rings (SSSR count). The molecule has 1 aromatic carbocycles. The maximum absolute atomic E-state index is 5.31. The van der Waals surface area contributed by atoms with Crippen LogP contribution in [0.1, 0.15) is 19.3 Å². The Morgan fingerprint density at radius 2 is 1.95 bits per heavy atom. The molecule has 0 aliphatic heterocycles. The van der Waals surface area contributed by atoms with Gasteiger partial charge in [0.25, 0.3) is 0 Å². The van der Waals surface area contributed by atoms with Gasteiger partial charge in [0.2, 0.25) is 0 Å². The standard InChI is InChI=1S/C18H20N2O/c1-21-13-4-5-14-10(9-13)6-7-19-18(14)20-17-15-11-2-3-12(8-11)16(15)17/h4-7,9,11-12,15-17H,2-3,8H2,1H3,(H,19,20). The van der Waals surface area contributed by atoms with E-state index in [1.54, 1.807) is 7.11 Å². The van der Waals surface area contributed by atoms with Crippen molar-refractivity contribution in [1.82, 2.24) is 4.98 Å². The molecule has 108 valence electrons. The monoisotopic (exact) mass is 280 g/mol. The van der Waals surface area contributed by atoms with Crippen LogP contribution >= 0.6 is 0 Å². The summed E-state index contributed by atoms with van der Waals surface area (Å²) in [6.07, 6.45) is 6.32. The third kappa shape index (κ3) is 1.63. The zero-order valence-electron chi connectivity index (χ0n) is 12.3. The Hall–Kier alpha value is -1.77. The molecule has 3 heteroatoms. The van der Waals surface area contributed by atoms with E-state index in [2.05, 4.69) is 28.5 Å². The fourth-order valence-corrected chi connectivity index (χ4v) is 5.07. The highest BCUT2D eigenvalue weighted by Gasteiger charge is 2.65. The SMILES string of the molecule is COc1ccc2c(NC3C4C5CCC(C5)C34)nccc2c1. The minimum absolute atomic E-state index is 0.677. The van der Waals surface area contributed by atoms with Gasteiger partial charge < -0.3 is 10.1 Å². The summed E-state index contributed by atoms with van der Waals surface area (Å²) in [6, 6.07) is 8.96. The molecular formula is C18H20N2O. The number of benzene rings is 1. The van der Waals surface area contributed by atoms with E-state index in [-0.39, 0.29) is 0 Å². The summed E-state index contributed by atoms with van der Waals surface area (Å²) in [5.41, 5.74) is 0. The van der Waals surface area contributed by atoms with Gasteiger partial charge in [-0.25, -0.2) is 4.98 Å². The molecule has 1 N–H and O–H groups in total. The molecule has 4 unspecified atom stereocenters. The van der Waals surface area contributed by atoms with Crippen LogP contribution in [0.3, 0.4) is 0 Å². The largest absolute Gasteiger partial charge is 0.497 e. The number of fused-ring (bicyclic) bond motifs is 6. The Morgan fingerprint density at radius 1 is 1.14 bits per heavy atom. The van der Waals surface area contributed by atoms with E-state index in [4.69, 9.17) is 4.74 Å². The van der Waals surface area contributed by atoms with Crippen LogP contribution < -0.4 is 10.1 Å². The van der Waals surface area contributed by atoms with Crippen LogP contribution in [-0.2, 0) is 0 Å². The summed E-state index contributed by atoms with van der Waals surface area (Å²) in [5.74, 6) is 5.80. The van der Waals surface area contributed by atoms with E-state index >= 15 is 0 Å². The van der Waals surface area contributed by atoms with Crippen molar-refractivity contribution >= 4 is 16.6 Å². The lowest BCUT2D eigenvalue weighted by molar-refractivity contribution is 0.415. The molecule has 2 bridgehead atoms. The fourth-order valence-electron chi connectivity index (χ4n) is 5.07. The molecule has 3 saturated carbocycles. The van der Waals surface area contributed by atoms with E-state index < -0.39 is 0 Å². The highest BCUT2D eigenvalue weighted by molar-refractivity contribution is 5.92. The number of ether oxygens (including phenoxy) is 1. The molecule has 0 amide bonds. The molecule has 3 aliphatic carbocycles. The van der Waals surface area contributed by atoms with Crippen LogP contribution in [0.15, 0.2) is 30.5 Å². The first kappa shape index (κ1) is 11.8. The molecule has 3 nitrogen and oxygen atoms in total. The molecule has 1 aromatic heterocycles. The molecule has 0 spiro atoms. The molecular weight excluding hydrogens is 260 g/mol. The number of pyridine rings is 1. The van der Waals surface area contributed by atoms with Gasteiger partial charge >= 0.3 is 0 Å². The molecule has 4 atom stereocenters. The van der Waals surface area contributed by atoms with Crippen molar-refractivity contribution < 1.29 is 4.74 Å². The lowest BCUT2D eigenvalue weighted by atomic mass is 10.0. The van der Waals surface area contributed by atoms with E-state index in [9.17, 15) is 0 Å². The first-order chi connectivity index (χ1) is 10.3. The second-order valence-electron chi connectivity index (χ2n) is 6.90. The Bertz CT molecular complexity index is 697. The lowest BCUT2D eigenvalue weighted by Gasteiger charge is -2.13. The zero-order chi connectivity index (χ0) is 14.0. The highest BCUT2D eigenvalue weighted by Crippen LogP contribution is 2.66. The quantitative estimate of drug-likeness (QED) is 0.931. The Balaban J connectivity index is 1.46. The average Bonchev–Trinajstić information content (AvgIpc) is 2.91. The molecule has 1 heterocycles. The number of methoxy groups -OCH3 is 1. The number of hydrogen-bond acceptors (Lipinski definition) is 3. The van der Waals surface area contributed by atoms with Crippen molar-refractivity contribution in [2.75, 3.05) is 12.4 Å². The topological polar surface area (TPSA) is 34.1 Å². The summed E-state index contributed by atoms with van der Waals surface area (Å²) in [5, 5.41) is 6.15. The first-order valence-corrected chi connectivity index (χ1v) is 8.04. The Morgan fingerprint density at radius 3 is 2.71 bits per heavy atom.